The number of carboxylic acids is 1. The molecule has 280 valence electrons. The van der Waals surface area contributed by atoms with E-state index < -0.39 is 28.5 Å². The molecule has 0 atom stereocenters. The van der Waals surface area contributed by atoms with Crippen molar-refractivity contribution in [3.63, 3.8) is 0 Å². The van der Waals surface area contributed by atoms with E-state index in [2.05, 4.69) is 55.1 Å². The Kier molecular flexibility index (Phi) is 12.0. The lowest BCUT2D eigenvalue weighted by Gasteiger charge is -2.09. The average molecular weight is 729 g/mol. The van der Waals surface area contributed by atoms with E-state index in [9.17, 15) is 28.8 Å². The van der Waals surface area contributed by atoms with Crippen molar-refractivity contribution in [3.05, 3.63) is 114 Å². The second kappa shape index (κ2) is 16.2. The highest BCUT2D eigenvalue weighted by Crippen LogP contribution is 2.18. The Hall–Kier alpha value is -6.52. The van der Waals surface area contributed by atoms with Gasteiger partial charge in [-0.3, -0.25) is 37.4 Å². The van der Waals surface area contributed by atoms with E-state index in [1.807, 2.05) is 36.4 Å². The summed E-state index contributed by atoms with van der Waals surface area (Å²) in [4.78, 5) is 78.8. The number of anilines is 2. The van der Waals surface area contributed by atoms with E-state index in [-0.39, 0.29) is 41.3 Å². The highest BCUT2D eigenvalue weighted by atomic mass is 16.4. The maximum atomic E-state index is 12.4. The number of aromatic nitrogens is 8. The first-order chi connectivity index (χ1) is 24.9. The van der Waals surface area contributed by atoms with Crippen molar-refractivity contribution in [2.24, 2.45) is 28.2 Å². The predicted octanol–water partition coefficient (Wildman–Crippen LogP) is 2.11. The summed E-state index contributed by atoms with van der Waals surface area (Å²) in [6.45, 7) is 8.11. The van der Waals surface area contributed by atoms with E-state index in [0.717, 1.165) is 14.8 Å². The number of carbonyl (C=O) groups is 2. The molecule has 4 aromatic heterocycles. The van der Waals surface area contributed by atoms with Crippen molar-refractivity contribution >= 4 is 45.6 Å². The lowest BCUT2D eigenvalue weighted by Crippen LogP contribution is -2.37. The van der Waals surface area contributed by atoms with E-state index in [1.54, 1.807) is 0 Å². The second-order valence-corrected chi connectivity index (χ2v) is 13.0. The summed E-state index contributed by atoms with van der Waals surface area (Å²) in [5.41, 5.74) is 8.36. The number of imidazole rings is 2. The van der Waals surface area contributed by atoms with Crippen molar-refractivity contribution in [2.45, 2.75) is 52.6 Å². The van der Waals surface area contributed by atoms with Gasteiger partial charge in [0.2, 0.25) is 5.91 Å². The van der Waals surface area contributed by atoms with E-state index in [0.29, 0.717) is 17.5 Å². The van der Waals surface area contributed by atoms with Gasteiger partial charge in [0.05, 0.1) is 12.7 Å². The molecule has 53 heavy (non-hydrogen) atoms. The molecule has 6 aromatic rings. The molecule has 0 bridgehead atoms. The minimum Gasteiger partial charge on any atom is -0.480 e. The SMILES string of the molecule is CC(C)c1ccc(N)cc1.CC(C)c1ccc(NC(=O)Cn2cnc3c2c(=O)n(C)c(=O)n3C)cc1.Cn1c(=O)c2c(ncn2CC(=O)O)n(C)c1=O. The van der Waals surface area contributed by atoms with Gasteiger partial charge in [0, 0.05) is 39.6 Å². The molecule has 6 rings (SSSR count). The summed E-state index contributed by atoms with van der Waals surface area (Å²) in [5.74, 6) is -0.349. The zero-order valence-corrected chi connectivity index (χ0v) is 30.9. The van der Waals surface area contributed by atoms with E-state index in [1.165, 1.54) is 70.2 Å². The molecule has 1 amide bonds. The second-order valence-electron chi connectivity index (χ2n) is 13.0. The third-order valence-corrected chi connectivity index (χ3v) is 8.52. The molecule has 4 heterocycles. The molecule has 0 aliphatic carbocycles. The Labute approximate surface area is 303 Å². The molecule has 0 unspecified atom stereocenters. The van der Waals surface area contributed by atoms with Gasteiger partial charge in [-0.2, -0.15) is 0 Å². The van der Waals surface area contributed by atoms with E-state index >= 15 is 0 Å². The Morgan fingerprint density at radius 2 is 1.06 bits per heavy atom. The molecule has 0 aliphatic rings. The predicted molar refractivity (Wildman–Crippen MR) is 202 cm³/mol. The minimum atomic E-state index is -1.08. The molecule has 0 saturated heterocycles. The summed E-state index contributed by atoms with van der Waals surface area (Å²) >= 11 is 0. The number of hydrogen-bond acceptors (Lipinski definition) is 9. The van der Waals surface area contributed by atoms with Crippen molar-refractivity contribution in [3.8, 4) is 0 Å². The van der Waals surface area contributed by atoms with Gasteiger partial charge in [-0.1, -0.05) is 52.0 Å². The van der Waals surface area contributed by atoms with Crippen LogP contribution in [0.3, 0.4) is 0 Å². The molecular formula is C36H44N10O7. The maximum Gasteiger partial charge on any atom is 0.332 e. The third kappa shape index (κ3) is 8.69. The number of aryl methyl sites for hydroxylation is 2. The number of nitrogens with two attached hydrogens (primary N) is 1. The number of benzene rings is 2. The fraction of sp³-hybridized carbons (Fsp3) is 0.333. The van der Waals surface area contributed by atoms with Crippen molar-refractivity contribution in [1.29, 1.82) is 0 Å². The van der Waals surface area contributed by atoms with Crippen LogP contribution in [0.4, 0.5) is 11.4 Å². The fourth-order valence-corrected chi connectivity index (χ4v) is 5.37. The van der Waals surface area contributed by atoms with Crippen LogP contribution in [0.1, 0.15) is 50.7 Å². The number of amides is 1. The monoisotopic (exact) mass is 728 g/mol. The molecule has 0 spiro atoms. The quantitative estimate of drug-likeness (QED) is 0.204. The minimum absolute atomic E-state index is 0.0735. The first-order valence-corrected chi connectivity index (χ1v) is 16.6. The van der Waals surface area contributed by atoms with E-state index in [4.69, 9.17) is 10.8 Å². The van der Waals surface area contributed by atoms with Crippen LogP contribution in [0.5, 0.6) is 0 Å². The van der Waals surface area contributed by atoms with Crippen LogP contribution in [0.15, 0.2) is 80.4 Å². The van der Waals surface area contributed by atoms with Crippen LogP contribution in [0.25, 0.3) is 22.3 Å². The smallest absolute Gasteiger partial charge is 0.332 e. The first-order valence-electron chi connectivity index (χ1n) is 16.6. The van der Waals surface area contributed by atoms with Gasteiger partial charge >= 0.3 is 17.3 Å². The number of hydrogen-bond donors (Lipinski definition) is 3. The van der Waals surface area contributed by atoms with Gasteiger partial charge in [-0.05, 0) is 47.2 Å². The summed E-state index contributed by atoms with van der Waals surface area (Å²) in [5, 5.41) is 11.5. The van der Waals surface area contributed by atoms with Gasteiger partial charge in [0.1, 0.15) is 13.1 Å². The van der Waals surface area contributed by atoms with Gasteiger partial charge in [0.15, 0.2) is 22.3 Å². The molecular weight excluding hydrogens is 684 g/mol. The number of rotatable bonds is 7. The van der Waals surface area contributed by atoms with Gasteiger partial charge in [-0.15, -0.1) is 0 Å². The molecule has 4 N–H and O–H groups in total. The molecule has 0 aliphatic heterocycles. The standard InChI is InChI=1S/C18H21N5O3.C9H10N4O4.C9H13N/c1-11(2)12-5-7-13(8-6-12)20-14(24)9-23-10-19-16-15(23)17(25)22(4)18(26)21(16)3;1-11-7-6(8(16)12(2)9(11)17)13(4-10-7)3-5(14)15;1-7(2)8-3-5-9(10)6-4-8/h5-8,10-11H,9H2,1-4H3,(H,20,24);4H,3H2,1-2H3,(H,14,15);3-7H,10H2,1-2H3. The van der Waals surface area contributed by atoms with Gasteiger partial charge in [-0.25, -0.2) is 19.6 Å². The molecule has 17 nitrogen and oxygen atoms in total. The Balaban J connectivity index is 0.000000198. The Morgan fingerprint density at radius 3 is 1.45 bits per heavy atom. The Bertz CT molecular complexity index is 2510. The average Bonchev–Trinajstić information content (AvgIpc) is 3.73. The number of nitrogens with one attached hydrogen (secondary N) is 1. The first kappa shape index (κ1) is 39.3. The van der Waals surface area contributed by atoms with Gasteiger partial charge < -0.3 is 25.3 Å². The highest BCUT2D eigenvalue weighted by molar-refractivity contribution is 5.91. The summed E-state index contributed by atoms with van der Waals surface area (Å²) in [6, 6.07) is 15.7. The lowest BCUT2D eigenvalue weighted by atomic mass is 10.0. The number of fused-ring (bicyclic) bond motifs is 2. The van der Waals surface area contributed by atoms with Crippen LogP contribution in [0, 0.1) is 0 Å². The number of aliphatic carboxylic acids is 1. The third-order valence-electron chi connectivity index (χ3n) is 8.52. The van der Waals surface area contributed by atoms with Crippen LogP contribution in [-0.4, -0.2) is 54.4 Å². The largest absolute Gasteiger partial charge is 0.480 e. The van der Waals surface area contributed by atoms with Gasteiger partial charge in [0.25, 0.3) is 11.1 Å². The van der Waals surface area contributed by atoms with Crippen LogP contribution in [0.2, 0.25) is 0 Å². The number of carbonyl (C=O) groups excluding carboxylic acids is 1. The zero-order chi connectivity index (χ0) is 39.3. The number of nitrogens with zero attached hydrogens (tertiary/aromatic N) is 8. The molecule has 0 radical (unpaired) electrons. The lowest BCUT2D eigenvalue weighted by molar-refractivity contribution is -0.137. The normalized spacial score (nSPS) is 11.0. The Morgan fingerprint density at radius 1 is 0.660 bits per heavy atom. The summed E-state index contributed by atoms with van der Waals surface area (Å²) in [6.07, 6.45) is 2.63. The van der Waals surface area contributed by atoms with Crippen LogP contribution < -0.4 is 33.5 Å². The maximum absolute atomic E-state index is 12.4. The van der Waals surface area contributed by atoms with Crippen molar-refractivity contribution < 1.29 is 14.7 Å². The molecule has 0 saturated carbocycles. The summed E-state index contributed by atoms with van der Waals surface area (Å²) in [7, 11) is 5.75. The number of nitrogen functional groups attached to an aromatic ring is 1. The van der Waals surface area contributed by atoms with Crippen LogP contribution >= 0.6 is 0 Å². The van der Waals surface area contributed by atoms with Crippen molar-refractivity contribution in [1.82, 2.24) is 37.4 Å². The zero-order valence-electron chi connectivity index (χ0n) is 30.9. The molecule has 2 aromatic carbocycles. The topological polar surface area (TPSA) is 216 Å². The van der Waals surface area contributed by atoms with Crippen LogP contribution in [-0.2, 0) is 50.9 Å². The molecule has 0 fully saturated rings. The fourth-order valence-electron chi connectivity index (χ4n) is 5.37. The molecule has 17 heteroatoms. The summed E-state index contributed by atoms with van der Waals surface area (Å²) < 4.78 is 7.07. The van der Waals surface area contributed by atoms with Crippen molar-refractivity contribution in [2.75, 3.05) is 11.1 Å². The highest BCUT2D eigenvalue weighted by Gasteiger charge is 2.17. The number of carboxylic acid groups (broad SMARTS) is 1.